The van der Waals surface area contributed by atoms with Gasteiger partial charge in [0.2, 0.25) is 0 Å². The average Bonchev–Trinajstić information content (AvgIpc) is 3.08. The number of sulfone groups is 1. The minimum atomic E-state index is -4.80. The maximum absolute atomic E-state index is 12.3. The number of ether oxygens (including phenoxy) is 1. The number of benzene rings is 1. The predicted octanol–water partition coefficient (Wildman–Crippen LogP) is 3.92. The maximum Gasteiger partial charge on any atom is 0.573 e. The first kappa shape index (κ1) is 20.6. The van der Waals surface area contributed by atoms with Crippen molar-refractivity contribution < 1.29 is 26.3 Å². The Hall–Kier alpha value is -3.08. The number of anilines is 2. The van der Waals surface area contributed by atoms with Gasteiger partial charge < -0.3 is 14.6 Å². The van der Waals surface area contributed by atoms with Crippen molar-refractivity contribution in [1.82, 2.24) is 14.5 Å². The van der Waals surface area contributed by atoms with E-state index in [9.17, 15) is 21.6 Å². The fourth-order valence-electron chi connectivity index (χ4n) is 2.54. The first-order valence-corrected chi connectivity index (χ1v) is 10.1. The van der Waals surface area contributed by atoms with Crippen molar-refractivity contribution in [3.8, 4) is 17.0 Å². The van der Waals surface area contributed by atoms with Gasteiger partial charge in [0, 0.05) is 24.5 Å². The Balaban J connectivity index is 1.96. The molecule has 2 aromatic heterocycles. The standard InChI is InChI=1S/C18H17F3N4O3S/c1-3-29(26,27)13-5-6-15(14(8-13)16-10-25(2)11-23-16)24-17-7-4-12(9-22-17)28-18(19,20)21/h4-11H,3H2,1-2H3,(H,22,24). The molecular weight excluding hydrogens is 409 g/mol. The van der Waals surface area contributed by atoms with Crippen LogP contribution < -0.4 is 10.1 Å². The maximum atomic E-state index is 12.3. The van der Waals surface area contributed by atoms with Gasteiger partial charge in [-0.25, -0.2) is 18.4 Å². The van der Waals surface area contributed by atoms with Crippen molar-refractivity contribution in [3.63, 3.8) is 0 Å². The molecule has 2 heterocycles. The first-order valence-electron chi connectivity index (χ1n) is 8.41. The summed E-state index contributed by atoms with van der Waals surface area (Å²) < 4.78 is 66.8. The Morgan fingerprint density at radius 1 is 1.17 bits per heavy atom. The summed E-state index contributed by atoms with van der Waals surface area (Å²) in [6.07, 6.45) is -0.576. The Kier molecular flexibility index (Phi) is 5.51. The molecule has 0 aliphatic rings. The highest BCUT2D eigenvalue weighted by atomic mass is 32.2. The SMILES string of the molecule is CCS(=O)(=O)c1ccc(Nc2ccc(OC(F)(F)F)cn2)c(-c2cn(C)cn2)c1. The lowest BCUT2D eigenvalue weighted by Crippen LogP contribution is -2.17. The number of nitrogens with one attached hydrogen (secondary N) is 1. The van der Waals surface area contributed by atoms with Gasteiger partial charge in [-0.2, -0.15) is 0 Å². The third-order valence-electron chi connectivity index (χ3n) is 3.94. The number of halogens is 3. The molecule has 0 aliphatic heterocycles. The van der Waals surface area contributed by atoms with Crippen LogP contribution in [0.1, 0.15) is 6.92 Å². The van der Waals surface area contributed by atoms with Crippen molar-refractivity contribution in [2.75, 3.05) is 11.1 Å². The molecule has 0 radical (unpaired) electrons. The van der Waals surface area contributed by atoms with Gasteiger partial charge in [-0.15, -0.1) is 13.2 Å². The van der Waals surface area contributed by atoms with E-state index in [1.165, 1.54) is 18.2 Å². The molecule has 0 amide bonds. The van der Waals surface area contributed by atoms with Gasteiger partial charge in [-0.05, 0) is 30.3 Å². The van der Waals surface area contributed by atoms with Gasteiger partial charge >= 0.3 is 6.36 Å². The Bertz CT molecular complexity index is 1110. The molecule has 0 saturated heterocycles. The van der Waals surface area contributed by atoms with Gasteiger partial charge in [0.1, 0.15) is 11.6 Å². The van der Waals surface area contributed by atoms with E-state index in [4.69, 9.17) is 0 Å². The summed E-state index contributed by atoms with van der Waals surface area (Å²) in [6.45, 7) is 1.55. The fraction of sp³-hybridized carbons (Fsp3) is 0.222. The largest absolute Gasteiger partial charge is 0.573 e. The zero-order chi connectivity index (χ0) is 21.2. The molecule has 0 bridgehead atoms. The summed E-state index contributed by atoms with van der Waals surface area (Å²) in [5.74, 6) is -0.246. The molecule has 3 aromatic rings. The van der Waals surface area contributed by atoms with E-state index >= 15 is 0 Å². The number of rotatable bonds is 6. The highest BCUT2D eigenvalue weighted by Gasteiger charge is 2.31. The van der Waals surface area contributed by atoms with Gasteiger partial charge in [0.25, 0.3) is 0 Å². The van der Waals surface area contributed by atoms with E-state index < -0.39 is 21.9 Å². The number of nitrogens with zero attached hydrogens (tertiary/aromatic N) is 3. The quantitative estimate of drug-likeness (QED) is 0.643. The topological polar surface area (TPSA) is 86.1 Å². The molecule has 0 spiro atoms. The highest BCUT2D eigenvalue weighted by molar-refractivity contribution is 7.91. The van der Waals surface area contributed by atoms with Gasteiger partial charge in [0.05, 0.1) is 28.9 Å². The zero-order valence-electron chi connectivity index (χ0n) is 15.4. The number of imidazole rings is 1. The van der Waals surface area contributed by atoms with E-state index in [1.54, 1.807) is 37.1 Å². The molecule has 7 nitrogen and oxygen atoms in total. The highest BCUT2D eigenvalue weighted by Crippen LogP contribution is 2.32. The normalized spacial score (nSPS) is 12.0. The van der Waals surface area contributed by atoms with Crippen LogP contribution in [0.4, 0.5) is 24.7 Å². The van der Waals surface area contributed by atoms with Gasteiger partial charge in [0.15, 0.2) is 9.84 Å². The molecule has 11 heteroatoms. The molecule has 0 aliphatic carbocycles. The van der Waals surface area contributed by atoms with Crippen molar-refractivity contribution in [1.29, 1.82) is 0 Å². The number of aryl methyl sites for hydroxylation is 1. The second-order valence-corrected chi connectivity index (χ2v) is 8.37. The minimum absolute atomic E-state index is 0.0519. The van der Waals surface area contributed by atoms with Crippen molar-refractivity contribution in [2.24, 2.45) is 7.05 Å². The second kappa shape index (κ2) is 7.74. The van der Waals surface area contributed by atoms with Crippen molar-refractivity contribution in [3.05, 3.63) is 49.1 Å². The van der Waals surface area contributed by atoms with Crippen LogP contribution >= 0.6 is 0 Å². The smallest absolute Gasteiger partial charge is 0.404 e. The molecular formula is C18H17F3N4O3S. The number of aromatic nitrogens is 3. The van der Waals surface area contributed by atoms with Crippen LogP contribution in [0.5, 0.6) is 5.75 Å². The van der Waals surface area contributed by atoms with Crippen LogP contribution in [-0.4, -0.2) is 35.1 Å². The van der Waals surface area contributed by atoms with E-state index in [2.05, 4.69) is 20.0 Å². The molecule has 1 N–H and O–H groups in total. The summed E-state index contributed by atoms with van der Waals surface area (Å²) in [4.78, 5) is 8.31. The Labute approximate surface area is 165 Å². The molecule has 29 heavy (non-hydrogen) atoms. The number of hydrogen-bond acceptors (Lipinski definition) is 6. The van der Waals surface area contributed by atoms with Crippen LogP contribution in [0.25, 0.3) is 11.3 Å². The first-order chi connectivity index (χ1) is 13.6. The third kappa shape index (κ3) is 5.05. The van der Waals surface area contributed by atoms with Crippen LogP contribution in [0.15, 0.2) is 53.9 Å². The summed E-state index contributed by atoms with van der Waals surface area (Å²) in [5, 5.41) is 2.97. The molecule has 1 aromatic carbocycles. The number of pyridine rings is 1. The third-order valence-corrected chi connectivity index (χ3v) is 5.68. The zero-order valence-corrected chi connectivity index (χ0v) is 16.3. The Morgan fingerprint density at radius 2 is 1.93 bits per heavy atom. The molecule has 154 valence electrons. The lowest BCUT2D eigenvalue weighted by Gasteiger charge is -2.13. The van der Waals surface area contributed by atoms with E-state index in [0.717, 1.165) is 12.3 Å². The van der Waals surface area contributed by atoms with Crippen LogP contribution in [0, 0.1) is 0 Å². The predicted molar refractivity (Wildman–Crippen MR) is 101 cm³/mol. The lowest BCUT2D eigenvalue weighted by molar-refractivity contribution is -0.274. The molecule has 0 fully saturated rings. The van der Waals surface area contributed by atoms with Crippen LogP contribution in [0.2, 0.25) is 0 Å². The van der Waals surface area contributed by atoms with Crippen LogP contribution in [0.3, 0.4) is 0 Å². The van der Waals surface area contributed by atoms with E-state index in [0.29, 0.717) is 16.9 Å². The minimum Gasteiger partial charge on any atom is -0.404 e. The van der Waals surface area contributed by atoms with Crippen molar-refractivity contribution >= 4 is 21.3 Å². The van der Waals surface area contributed by atoms with Gasteiger partial charge in [-0.3, -0.25) is 0 Å². The molecule has 0 saturated carbocycles. The van der Waals surface area contributed by atoms with E-state index in [-0.39, 0.29) is 16.5 Å². The average molecular weight is 426 g/mol. The van der Waals surface area contributed by atoms with Crippen LogP contribution in [-0.2, 0) is 16.9 Å². The van der Waals surface area contributed by atoms with Crippen molar-refractivity contribution in [2.45, 2.75) is 18.2 Å². The summed E-state index contributed by atoms with van der Waals surface area (Å²) >= 11 is 0. The number of alkyl halides is 3. The monoisotopic (exact) mass is 426 g/mol. The molecule has 0 atom stereocenters. The second-order valence-electron chi connectivity index (χ2n) is 6.09. The Morgan fingerprint density at radius 3 is 2.48 bits per heavy atom. The summed E-state index contributed by atoms with van der Waals surface area (Å²) in [7, 11) is -1.66. The lowest BCUT2D eigenvalue weighted by atomic mass is 10.1. The number of hydrogen-bond donors (Lipinski definition) is 1. The summed E-state index contributed by atoms with van der Waals surface area (Å²) in [5.41, 5.74) is 1.54. The van der Waals surface area contributed by atoms with Gasteiger partial charge in [-0.1, -0.05) is 6.92 Å². The molecule has 0 unspecified atom stereocenters. The fourth-order valence-corrected chi connectivity index (χ4v) is 3.45. The van der Waals surface area contributed by atoms with E-state index in [1.807, 2.05) is 0 Å². The summed E-state index contributed by atoms with van der Waals surface area (Å²) in [6, 6.07) is 6.97. The molecule has 3 rings (SSSR count).